The average molecular weight is 788 g/mol. The van der Waals surface area contributed by atoms with Crippen molar-refractivity contribution in [2.45, 2.75) is 5.41 Å². The van der Waals surface area contributed by atoms with Gasteiger partial charge in [0.15, 0.2) is 0 Å². The molecule has 2 aliphatic rings. The molecule has 0 amide bonds. The van der Waals surface area contributed by atoms with Crippen LogP contribution >= 0.6 is 0 Å². The van der Waals surface area contributed by atoms with E-state index in [-0.39, 0.29) is 0 Å². The van der Waals surface area contributed by atoms with Crippen LogP contribution in [0.1, 0.15) is 22.3 Å². The van der Waals surface area contributed by atoms with E-state index < -0.39 is 5.41 Å². The van der Waals surface area contributed by atoms with Crippen LogP contribution in [0.25, 0.3) is 66.8 Å². The highest BCUT2D eigenvalue weighted by molar-refractivity contribution is 6.03. The Bertz CT molecular complexity index is 3240. The van der Waals surface area contributed by atoms with E-state index in [4.69, 9.17) is 0 Å². The summed E-state index contributed by atoms with van der Waals surface area (Å²) in [5.74, 6) is 0. The Labute approximate surface area is 363 Å². The van der Waals surface area contributed by atoms with Crippen LogP contribution in [0.3, 0.4) is 0 Å². The fourth-order valence-corrected chi connectivity index (χ4v) is 10.5. The van der Waals surface area contributed by atoms with Crippen molar-refractivity contribution < 1.29 is 0 Å². The van der Waals surface area contributed by atoms with Gasteiger partial charge in [-0.1, -0.05) is 218 Å². The molecular formula is C61H41N. The van der Waals surface area contributed by atoms with Gasteiger partial charge in [-0.15, -0.1) is 0 Å². The quantitative estimate of drug-likeness (QED) is 0.168. The van der Waals surface area contributed by atoms with Gasteiger partial charge in [-0.25, -0.2) is 0 Å². The molecule has 0 atom stereocenters. The molecule has 0 bridgehead atoms. The van der Waals surface area contributed by atoms with E-state index in [0.29, 0.717) is 0 Å². The summed E-state index contributed by atoms with van der Waals surface area (Å²) < 4.78 is 0. The van der Waals surface area contributed by atoms with E-state index in [1.54, 1.807) is 0 Å². The van der Waals surface area contributed by atoms with Gasteiger partial charge < -0.3 is 4.90 Å². The molecule has 1 spiro atoms. The van der Waals surface area contributed by atoms with Gasteiger partial charge in [-0.3, -0.25) is 0 Å². The van der Waals surface area contributed by atoms with Gasteiger partial charge in [0.05, 0.1) is 11.1 Å². The zero-order valence-corrected chi connectivity index (χ0v) is 34.1. The van der Waals surface area contributed by atoms with Crippen LogP contribution in [0.15, 0.2) is 249 Å². The molecule has 0 fully saturated rings. The second-order valence-electron chi connectivity index (χ2n) is 16.3. The maximum Gasteiger partial charge on any atom is 0.0726 e. The lowest BCUT2D eigenvalue weighted by molar-refractivity contribution is 0.773. The van der Waals surface area contributed by atoms with E-state index in [0.717, 1.165) is 17.1 Å². The molecule has 10 aromatic carbocycles. The maximum atomic E-state index is 2.49. The predicted molar refractivity (Wildman–Crippen MR) is 259 cm³/mol. The number of fused-ring (bicyclic) bond motifs is 14. The topological polar surface area (TPSA) is 3.24 Å². The fraction of sp³-hybridized carbons (Fsp3) is 0.0164. The van der Waals surface area contributed by atoms with E-state index >= 15 is 0 Å². The minimum Gasteiger partial charge on any atom is -0.310 e. The summed E-state index contributed by atoms with van der Waals surface area (Å²) in [6.45, 7) is 0. The molecule has 0 radical (unpaired) electrons. The van der Waals surface area contributed by atoms with Crippen molar-refractivity contribution in [1.29, 1.82) is 0 Å². The molecule has 0 N–H and O–H groups in total. The van der Waals surface area contributed by atoms with Gasteiger partial charge in [0.1, 0.15) is 0 Å². The molecule has 10 aromatic rings. The molecular weight excluding hydrogens is 747 g/mol. The number of nitrogens with zero attached hydrogens (tertiary/aromatic N) is 1. The third-order valence-corrected chi connectivity index (χ3v) is 13.1. The summed E-state index contributed by atoms with van der Waals surface area (Å²) in [6.07, 6.45) is 0. The number of anilines is 3. The van der Waals surface area contributed by atoms with E-state index in [9.17, 15) is 0 Å². The van der Waals surface area contributed by atoms with Gasteiger partial charge in [0.25, 0.3) is 0 Å². The number of benzene rings is 10. The molecule has 0 aromatic heterocycles. The Morgan fingerprint density at radius 3 is 1.21 bits per heavy atom. The third kappa shape index (κ3) is 5.49. The largest absolute Gasteiger partial charge is 0.310 e. The van der Waals surface area contributed by atoms with Gasteiger partial charge >= 0.3 is 0 Å². The number of hydrogen-bond donors (Lipinski definition) is 0. The first-order chi connectivity index (χ1) is 30.8. The second-order valence-corrected chi connectivity index (χ2v) is 16.3. The smallest absolute Gasteiger partial charge is 0.0726 e. The van der Waals surface area contributed by atoms with Crippen LogP contribution in [-0.4, -0.2) is 0 Å². The van der Waals surface area contributed by atoms with Crippen LogP contribution in [-0.2, 0) is 5.41 Å². The lowest BCUT2D eigenvalue weighted by Gasteiger charge is -2.38. The molecule has 0 heterocycles. The van der Waals surface area contributed by atoms with Gasteiger partial charge in [-0.05, 0) is 114 Å². The van der Waals surface area contributed by atoms with Crippen LogP contribution in [0.5, 0.6) is 0 Å². The zero-order chi connectivity index (χ0) is 41.0. The van der Waals surface area contributed by atoms with Gasteiger partial charge in [0.2, 0.25) is 0 Å². The molecule has 2 aliphatic carbocycles. The molecule has 0 unspecified atom stereocenters. The van der Waals surface area contributed by atoms with Crippen molar-refractivity contribution >= 4 is 17.1 Å². The summed E-state index contributed by atoms with van der Waals surface area (Å²) >= 11 is 0. The Morgan fingerprint density at radius 2 is 0.629 bits per heavy atom. The van der Waals surface area contributed by atoms with Crippen molar-refractivity contribution in [1.82, 2.24) is 0 Å². The first kappa shape index (κ1) is 35.9. The van der Waals surface area contributed by atoms with Gasteiger partial charge in [-0.2, -0.15) is 0 Å². The lowest BCUT2D eigenvalue weighted by atomic mass is 9.64. The maximum absolute atomic E-state index is 2.49. The average Bonchev–Trinajstić information content (AvgIpc) is 3.67. The number of rotatable bonds is 5. The lowest BCUT2D eigenvalue weighted by Crippen LogP contribution is -2.30. The fourth-order valence-electron chi connectivity index (χ4n) is 10.5. The summed E-state index contributed by atoms with van der Waals surface area (Å²) in [5, 5.41) is 0. The highest BCUT2D eigenvalue weighted by Crippen LogP contribution is 2.62. The highest BCUT2D eigenvalue weighted by atomic mass is 15.1. The van der Waals surface area contributed by atoms with Gasteiger partial charge in [0, 0.05) is 16.9 Å². The molecule has 0 saturated carbocycles. The third-order valence-electron chi connectivity index (χ3n) is 13.1. The normalized spacial score (nSPS) is 12.6. The summed E-state index contributed by atoms with van der Waals surface area (Å²) in [7, 11) is 0. The Kier molecular flexibility index (Phi) is 8.47. The first-order valence-corrected chi connectivity index (χ1v) is 21.5. The monoisotopic (exact) mass is 787 g/mol. The van der Waals surface area contributed by atoms with E-state index in [1.165, 1.54) is 89.0 Å². The first-order valence-electron chi connectivity index (χ1n) is 21.5. The van der Waals surface area contributed by atoms with Crippen LogP contribution in [0.2, 0.25) is 0 Å². The van der Waals surface area contributed by atoms with Crippen molar-refractivity contribution in [3.63, 3.8) is 0 Å². The molecule has 12 rings (SSSR count). The SMILES string of the molecule is c1ccc(-c2ccc(N(c3cccc(-c4ccccc4)c3)c3cccc4c3-c3ccccc3-c3ccccc3-c3ccccc3C43c4ccccc4-c4ccccc43)cc2)cc1. The number of hydrogen-bond acceptors (Lipinski definition) is 1. The molecule has 290 valence electrons. The Morgan fingerprint density at radius 1 is 0.242 bits per heavy atom. The van der Waals surface area contributed by atoms with Crippen molar-refractivity contribution in [2.75, 3.05) is 4.90 Å². The molecule has 0 aliphatic heterocycles. The Hall–Kier alpha value is -8.00. The van der Waals surface area contributed by atoms with E-state index in [2.05, 4.69) is 254 Å². The summed E-state index contributed by atoms with van der Waals surface area (Å²) in [5.41, 5.74) is 22.4. The summed E-state index contributed by atoms with van der Waals surface area (Å²) in [6, 6.07) is 92.1. The van der Waals surface area contributed by atoms with E-state index in [1.807, 2.05) is 0 Å². The molecule has 0 saturated heterocycles. The standard InChI is InChI=1S/C61H41N/c1-3-19-42(20-4-1)44-37-39-46(40-38-44)62(47-24-17-23-45(41-47)43-21-5-2-6-22-43)59-36-18-35-58-60(59)54-31-10-9-27-50(54)48-25-7-8-26-49(48)51-28-11-14-32-55(51)61(58)56-33-15-12-29-52(56)53-30-13-16-34-57(53)61/h1-41H. The second kappa shape index (κ2) is 14.6. The van der Waals surface area contributed by atoms with Crippen molar-refractivity contribution in [3.05, 3.63) is 271 Å². The molecule has 1 nitrogen and oxygen atoms in total. The predicted octanol–water partition coefficient (Wildman–Crippen LogP) is 16.2. The summed E-state index contributed by atoms with van der Waals surface area (Å²) in [4.78, 5) is 2.49. The molecule has 1 heteroatoms. The minimum atomic E-state index is -0.658. The molecule has 62 heavy (non-hydrogen) atoms. The Balaban J connectivity index is 1.24. The highest BCUT2D eigenvalue weighted by Gasteiger charge is 2.49. The van der Waals surface area contributed by atoms with Crippen LogP contribution < -0.4 is 4.90 Å². The minimum absolute atomic E-state index is 0.658. The zero-order valence-electron chi connectivity index (χ0n) is 34.1. The van der Waals surface area contributed by atoms with Crippen molar-refractivity contribution in [3.8, 4) is 66.8 Å². The van der Waals surface area contributed by atoms with Crippen molar-refractivity contribution in [2.24, 2.45) is 0 Å². The van der Waals surface area contributed by atoms with Crippen LogP contribution in [0, 0.1) is 0 Å². The van der Waals surface area contributed by atoms with Crippen LogP contribution in [0.4, 0.5) is 17.1 Å².